The lowest BCUT2D eigenvalue weighted by Gasteiger charge is -2.35. The summed E-state index contributed by atoms with van der Waals surface area (Å²) in [5, 5.41) is 23.0. The lowest BCUT2D eigenvalue weighted by atomic mass is 10.0. The highest BCUT2D eigenvalue weighted by Crippen LogP contribution is 2.31. The quantitative estimate of drug-likeness (QED) is 0.715. The number of likely N-dealkylation sites (tertiary alicyclic amines) is 1. The van der Waals surface area contributed by atoms with Crippen molar-refractivity contribution in [2.24, 2.45) is 0 Å². The van der Waals surface area contributed by atoms with Crippen LogP contribution < -0.4 is 5.32 Å². The molecule has 27 heavy (non-hydrogen) atoms. The second kappa shape index (κ2) is 7.32. The number of rotatable bonds is 4. The summed E-state index contributed by atoms with van der Waals surface area (Å²) in [6, 6.07) is 5.79. The minimum Gasteiger partial charge on any atom is -0.507 e. The smallest absolute Gasteiger partial charge is 0.192 e. The van der Waals surface area contributed by atoms with Crippen LogP contribution in [-0.4, -0.2) is 54.8 Å². The molecule has 7 nitrogen and oxygen atoms in total. The summed E-state index contributed by atoms with van der Waals surface area (Å²) in [5.41, 5.74) is 1.25. The van der Waals surface area contributed by atoms with Gasteiger partial charge in [-0.05, 0) is 51.4 Å². The first-order valence-corrected chi connectivity index (χ1v) is 9.60. The Morgan fingerprint density at radius 1 is 1.30 bits per heavy atom. The van der Waals surface area contributed by atoms with Crippen LogP contribution in [0.2, 0.25) is 5.02 Å². The van der Waals surface area contributed by atoms with E-state index in [9.17, 15) is 5.11 Å². The van der Waals surface area contributed by atoms with Crippen LogP contribution in [0.5, 0.6) is 5.75 Å². The van der Waals surface area contributed by atoms with E-state index < -0.39 is 0 Å². The number of fused-ring (bicyclic) bond motifs is 1. The molecule has 0 saturated carbocycles. The zero-order valence-electron chi connectivity index (χ0n) is 15.4. The minimum absolute atomic E-state index is 0.0624. The molecule has 0 spiro atoms. The number of hydrogen-bond donors (Lipinski definition) is 2. The van der Waals surface area contributed by atoms with Gasteiger partial charge >= 0.3 is 0 Å². The fourth-order valence-electron chi connectivity index (χ4n) is 3.60. The number of aromatic nitrogens is 4. The molecule has 8 heteroatoms. The molecule has 1 saturated heterocycles. The van der Waals surface area contributed by atoms with Gasteiger partial charge in [-0.25, -0.2) is 4.98 Å². The van der Waals surface area contributed by atoms with Gasteiger partial charge in [-0.15, -0.1) is 10.2 Å². The Kier molecular flexibility index (Phi) is 4.88. The van der Waals surface area contributed by atoms with Gasteiger partial charge in [0.25, 0.3) is 0 Å². The molecule has 1 fully saturated rings. The molecule has 2 aromatic heterocycles. The average Bonchev–Trinajstić information content (AvgIpc) is 3.13. The highest BCUT2D eigenvalue weighted by atomic mass is 35.5. The Labute approximate surface area is 163 Å². The van der Waals surface area contributed by atoms with Crippen LogP contribution in [0.1, 0.15) is 26.7 Å². The topological polar surface area (TPSA) is 78.6 Å². The van der Waals surface area contributed by atoms with Gasteiger partial charge in [-0.2, -0.15) is 0 Å². The van der Waals surface area contributed by atoms with Crippen molar-refractivity contribution >= 4 is 23.1 Å². The first-order valence-electron chi connectivity index (χ1n) is 9.22. The molecular weight excluding hydrogens is 364 g/mol. The van der Waals surface area contributed by atoms with Crippen molar-refractivity contribution in [3.8, 4) is 17.1 Å². The summed E-state index contributed by atoms with van der Waals surface area (Å²) < 4.78 is 1.83. The van der Waals surface area contributed by atoms with Gasteiger partial charge in [-0.1, -0.05) is 11.6 Å². The predicted octanol–water partition coefficient (Wildman–Crippen LogP) is 3.44. The van der Waals surface area contributed by atoms with Gasteiger partial charge in [0.05, 0.1) is 5.56 Å². The van der Waals surface area contributed by atoms with Crippen LogP contribution in [0, 0.1) is 0 Å². The number of hydrogen-bond acceptors (Lipinski definition) is 6. The Bertz CT molecular complexity index is 957. The minimum atomic E-state index is 0.0624. The van der Waals surface area contributed by atoms with E-state index >= 15 is 0 Å². The summed E-state index contributed by atoms with van der Waals surface area (Å²) in [6.07, 6.45) is 5.78. The Hall–Kier alpha value is -2.38. The summed E-state index contributed by atoms with van der Waals surface area (Å²) in [7, 11) is 0. The third-order valence-electron chi connectivity index (χ3n) is 5.05. The molecule has 1 unspecified atom stereocenters. The standard InChI is InChI=1S/C19H23ClN6O/c1-12(2)25-8-3-4-14(11-25)22-17-19-21-7-9-26(19)18(24-23-17)15-6-5-13(20)10-16(15)27/h5-7,9-10,12,14,27H,3-4,8,11H2,1-2H3,(H,22,23). The zero-order chi connectivity index (χ0) is 19.0. The number of phenols is 1. The van der Waals surface area contributed by atoms with Crippen LogP contribution in [0.3, 0.4) is 0 Å². The van der Waals surface area contributed by atoms with E-state index in [0.717, 1.165) is 25.9 Å². The monoisotopic (exact) mass is 386 g/mol. The lowest BCUT2D eigenvalue weighted by Crippen LogP contribution is -2.45. The number of aromatic hydroxyl groups is 1. The van der Waals surface area contributed by atoms with Crippen LogP contribution in [0.15, 0.2) is 30.6 Å². The largest absolute Gasteiger partial charge is 0.507 e. The van der Waals surface area contributed by atoms with E-state index in [1.807, 2.05) is 10.6 Å². The van der Waals surface area contributed by atoms with Gasteiger partial charge < -0.3 is 10.4 Å². The molecule has 1 aromatic carbocycles. The molecule has 0 radical (unpaired) electrons. The second-order valence-corrected chi connectivity index (χ2v) is 7.66. The number of anilines is 1. The van der Waals surface area contributed by atoms with Crippen LogP contribution in [0.25, 0.3) is 17.0 Å². The average molecular weight is 387 g/mol. The van der Waals surface area contributed by atoms with Crippen LogP contribution >= 0.6 is 11.6 Å². The molecule has 0 aliphatic carbocycles. The maximum atomic E-state index is 10.2. The first kappa shape index (κ1) is 18.0. The number of nitrogens with zero attached hydrogens (tertiary/aromatic N) is 5. The van der Waals surface area contributed by atoms with E-state index in [1.54, 1.807) is 18.3 Å². The molecule has 3 aromatic rings. The maximum absolute atomic E-state index is 10.2. The molecular formula is C19H23ClN6O. The lowest BCUT2D eigenvalue weighted by molar-refractivity contribution is 0.174. The molecule has 0 amide bonds. The summed E-state index contributed by atoms with van der Waals surface area (Å²) in [4.78, 5) is 6.92. The number of imidazole rings is 1. The fourth-order valence-corrected chi connectivity index (χ4v) is 3.76. The van der Waals surface area contributed by atoms with Crippen LogP contribution in [0.4, 0.5) is 5.82 Å². The van der Waals surface area contributed by atoms with Crippen LogP contribution in [-0.2, 0) is 0 Å². The Morgan fingerprint density at radius 3 is 2.93 bits per heavy atom. The molecule has 1 aliphatic rings. The summed E-state index contributed by atoms with van der Waals surface area (Å²) in [6.45, 7) is 6.56. The van der Waals surface area contributed by atoms with Crippen molar-refractivity contribution in [2.45, 2.75) is 38.8 Å². The zero-order valence-corrected chi connectivity index (χ0v) is 16.2. The Morgan fingerprint density at radius 2 is 2.15 bits per heavy atom. The van der Waals surface area contributed by atoms with Gasteiger partial charge in [0.15, 0.2) is 17.3 Å². The molecule has 142 valence electrons. The number of phenolic OH excluding ortho intramolecular Hbond substituents is 1. The predicted molar refractivity (Wildman–Crippen MR) is 106 cm³/mol. The second-order valence-electron chi connectivity index (χ2n) is 7.23. The summed E-state index contributed by atoms with van der Waals surface area (Å²) >= 11 is 5.94. The van der Waals surface area contributed by atoms with Crippen molar-refractivity contribution in [1.82, 2.24) is 24.5 Å². The van der Waals surface area contributed by atoms with E-state index in [4.69, 9.17) is 11.6 Å². The van der Waals surface area contributed by atoms with Crippen molar-refractivity contribution in [3.63, 3.8) is 0 Å². The molecule has 3 heterocycles. The third-order valence-corrected chi connectivity index (χ3v) is 5.29. The van der Waals surface area contributed by atoms with E-state index in [2.05, 4.69) is 39.2 Å². The van der Waals surface area contributed by atoms with Crippen molar-refractivity contribution in [2.75, 3.05) is 18.4 Å². The number of piperidine rings is 1. The molecule has 0 bridgehead atoms. The highest BCUT2D eigenvalue weighted by molar-refractivity contribution is 6.30. The Balaban J connectivity index is 1.65. The summed E-state index contributed by atoms with van der Waals surface area (Å²) in [5.74, 6) is 1.25. The van der Waals surface area contributed by atoms with E-state index in [-0.39, 0.29) is 5.75 Å². The van der Waals surface area contributed by atoms with Crippen molar-refractivity contribution < 1.29 is 5.11 Å². The van der Waals surface area contributed by atoms with Crippen molar-refractivity contribution in [1.29, 1.82) is 0 Å². The van der Waals surface area contributed by atoms with Crippen molar-refractivity contribution in [3.05, 3.63) is 35.6 Å². The van der Waals surface area contributed by atoms with Gasteiger partial charge in [0.1, 0.15) is 5.75 Å². The highest BCUT2D eigenvalue weighted by Gasteiger charge is 2.23. The molecule has 2 N–H and O–H groups in total. The molecule has 1 aliphatic heterocycles. The maximum Gasteiger partial charge on any atom is 0.192 e. The van der Waals surface area contributed by atoms with Gasteiger partial charge in [0, 0.05) is 36.0 Å². The fraction of sp³-hybridized carbons (Fsp3) is 0.421. The normalized spacial score (nSPS) is 18.3. The van der Waals surface area contributed by atoms with Gasteiger partial charge in [0.2, 0.25) is 0 Å². The number of halogens is 1. The number of nitrogens with one attached hydrogen (secondary N) is 1. The number of benzene rings is 1. The molecule has 1 atom stereocenters. The third kappa shape index (κ3) is 3.57. The van der Waals surface area contributed by atoms with Gasteiger partial charge in [-0.3, -0.25) is 9.30 Å². The SMILES string of the molecule is CC(C)N1CCCC(Nc2nnc(-c3ccc(Cl)cc3O)n3ccnc23)C1. The van der Waals surface area contributed by atoms with E-state index in [1.165, 1.54) is 6.07 Å². The van der Waals surface area contributed by atoms with E-state index in [0.29, 0.717) is 40.0 Å². The molecule has 4 rings (SSSR count). The first-order chi connectivity index (χ1) is 13.0.